The molecule has 1 fully saturated rings. The lowest BCUT2D eigenvalue weighted by molar-refractivity contribution is 0.0664. The van der Waals surface area contributed by atoms with Gasteiger partial charge in [0.15, 0.2) is 0 Å². The van der Waals surface area contributed by atoms with Gasteiger partial charge in [-0.25, -0.2) is 9.97 Å². The van der Waals surface area contributed by atoms with E-state index < -0.39 is 0 Å². The van der Waals surface area contributed by atoms with Crippen molar-refractivity contribution in [2.45, 2.75) is 24.7 Å². The van der Waals surface area contributed by atoms with E-state index in [0.717, 1.165) is 47.2 Å². The maximum atomic E-state index is 13.0. The fraction of sp³-hybridized carbons (Fsp3) is 0.292. The van der Waals surface area contributed by atoms with E-state index in [9.17, 15) is 4.79 Å². The topological polar surface area (TPSA) is 58.1 Å². The van der Waals surface area contributed by atoms with Gasteiger partial charge in [0.2, 0.25) is 5.95 Å². The second kappa shape index (κ2) is 7.65. The number of benzene rings is 2. The quantitative estimate of drug-likeness (QED) is 0.516. The Morgan fingerprint density at radius 2 is 1.93 bits per heavy atom. The molecular formula is C24H23IN4O. The van der Waals surface area contributed by atoms with Crippen molar-refractivity contribution < 1.29 is 4.79 Å². The number of hydrogen-bond donors (Lipinski definition) is 1. The molecule has 2 aliphatic rings. The summed E-state index contributed by atoms with van der Waals surface area (Å²) < 4.78 is 1.09. The molecule has 152 valence electrons. The molecule has 0 unspecified atom stereocenters. The molecule has 6 heteroatoms. The van der Waals surface area contributed by atoms with Crippen LogP contribution in [-0.4, -0.2) is 40.9 Å². The summed E-state index contributed by atoms with van der Waals surface area (Å²) in [6.45, 7) is 1.53. The molecule has 0 saturated carbocycles. The number of nitrogens with zero attached hydrogens (tertiary/aromatic N) is 3. The summed E-state index contributed by atoms with van der Waals surface area (Å²) in [4.78, 5) is 24.3. The van der Waals surface area contributed by atoms with Crippen molar-refractivity contribution in [3.05, 3.63) is 75.0 Å². The van der Waals surface area contributed by atoms with E-state index >= 15 is 0 Å². The van der Waals surface area contributed by atoms with E-state index in [0.29, 0.717) is 5.95 Å². The third-order valence-corrected chi connectivity index (χ3v) is 7.12. The predicted molar refractivity (Wildman–Crippen MR) is 127 cm³/mol. The summed E-state index contributed by atoms with van der Waals surface area (Å²) in [5, 5.41) is 3.05. The zero-order valence-corrected chi connectivity index (χ0v) is 19.0. The first-order chi connectivity index (χ1) is 14.6. The standard InChI is InChI=1S/C24H23IN4O/c1-26-23-27-15-17-14-24(20-8-3-2-7-19(20)21(17)28-23)9-11-29(12-10-24)22(30)16-5-4-6-18(25)13-16/h2-8,13,15H,9-12,14H2,1H3,(H,26,27,28). The van der Waals surface area contributed by atoms with E-state index in [1.807, 2.05) is 42.4 Å². The average Bonchev–Trinajstić information content (AvgIpc) is 2.79. The maximum absolute atomic E-state index is 13.0. The lowest BCUT2D eigenvalue weighted by atomic mass is 9.64. The molecule has 1 aromatic heterocycles. The first kappa shape index (κ1) is 19.5. The number of aromatic nitrogens is 2. The molecule has 1 spiro atoms. The number of carbonyl (C=O) groups excluding carboxylic acids is 1. The summed E-state index contributed by atoms with van der Waals surface area (Å²) in [5.74, 6) is 0.785. The summed E-state index contributed by atoms with van der Waals surface area (Å²) in [6, 6.07) is 16.5. The monoisotopic (exact) mass is 510 g/mol. The van der Waals surface area contributed by atoms with Gasteiger partial charge in [-0.15, -0.1) is 0 Å². The smallest absolute Gasteiger partial charge is 0.253 e. The number of piperidine rings is 1. The van der Waals surface area contributed by atoms with E-state index in [1.165, 1.54) is 16.7 Å². The van der Waals surface area contributed by atoms with Gasteiger partial charge in [-0.2, -0.15) is 0 Å². The third-order valence-electron chi connectivity index (χ3n) is 6.45. The highest BCUT2D eigenvalue weighted by Gasteiger charge is 2.42. The summed E-state index contributed by atoms with van der Waals surface area (Å²) in [5.41, 5.74) is 5.61. The van der Waals surface area contributed by atoms with Crippen LogP contribution in [0.2, 0.25) is 0 Å². The van der Waals surface area contributed by atoms with Gasteiger partial charge < -0.3 is 10.2 Å². The minimum Gasteiger partial charge on any atom is -0.357 e. The van der Waals surface area contributed by atoms with Crippen molar-refractivity contribution in [2.24, 2.45) is 0 Å². The van der Waals surface area contributed by atoms with Crippen molar-refractivity contribution in [3.63, 3.8) is 0 Å². The molecule has 30 heavy (non-hydrogen) atoms. The SMILES string of the molecule is CNc1ncc2c(n1)-c1ccccc1C1(CCN(C(=O)c3cccc(I)c3)CC1)C2. The van der Waals surface area contributed by atoms with Crippen molar-refractivity contribution in [1.29, 1.82) is 0 Å². The minimum atomic E-state index is 0.0377. The van der Waals surface area contributed by atoms with E-state index in [4.69, 9.17) is 4.98 Å². The number of fused-ring (bicyclic) bond motifs is 4. The molecule has 3 aromatic rings. The number of rotatable bonds is 2. The number of hydrogen-bond acceptors (Lipinski definition) is 4. The van der Waals surface area contributed by atoms with Crippen LogP contribution in [0.15, 0.2) is 54.7 Å². The first-order valence-corrected chi connectivity index (χ1v) is 11.4. The Labute approximate surface area is 190 Å². The third kappa shape index (κ3) is 3.27. The van der Waals surface area contributed by atoms with Crippen molar-refractivity contribution >= 4 is 34.4 Å². The summed E-state index contributed by atoms with van der Waals surface area (Å²) >= 11 is 2.26. The lowest BCUT2D eigenvalue weighted by Gasteiger charge is -2.45. The number of likely N-dealkylation sites (tertiary alicyclic amines) is 1. The molecule has 1 amide bonds. The number of halogens is 1. The van der Waals surface area contributed by atoms with Crippen LogP contribution in [0.5, 0.6) is 0 Å². The van der Waals surface area contributed by atoms with Crippen molar-refractivity contribution in [2.75, 3.05) is 25.5 Å². The van der Waals surface area contributed by atoms with Gasteiger partial charge in [-0.1, -0.05) is 30.3 Å². The zero-order valence-electron chi connectivity index (χ0n) is 16.9. The highest BCUT2D eigenvalue weighted by atomic mass is 127. The zero-order chi connectivity index (χ0) is 20.7. The van der Waals surface area contributed by atoms with Crippen LogP contribution in [0.25, 0.3) is 11.3 Å². The van der Waals surface area contributed by atoms with Crippen LogP contribution in [0.3, 0.4) is 0 Å². The second-order valence-electron chi connectivity index (χ2n) is 8.12. The minimum absolute atomic E-state index is 0.0377. The van der Waals surface area contributed by atoms with Gasteiger partial charge in [0, 0.05) is 46.4 Å². The Balaban J connectivity index is 1.44. The summed E-state index contributed by atoms with van der Waals surface area (Å²) in [6.07, 6.45) is 4.80. The van der Waals surface area contributed by atoms with Gasteiger partial charge in [0.25, 0.3) is 5.91 Å². The van der Waals surface area contributed by atoms with Crippen LogP contribution in [0.4, 0.5) is 5.95 Å². The number of carbonyl (C=O) groups is 1. The largest absolute Gasteiger partial charge is 0.357 e. The summed E-state index contributed by atoms with van der Waals surface area (Å²) in [7, 11) is 1.85. The molecule has 1 saturated heterocycles. The Kier molecular flexibility index (Phi) is 4.97. The lowest BCUT2D eigenvalue weighted by Crippen LogP contribution is -2.47. The van der Waals surface area contributed by atoms with Gasteiger partial charge in [-0.3, -0.25) is 4.79 Å². The molecule has 2 aromatic carbocycles. The first-order valence-electron chi connectivity index (χ1n) is 10.3. The number of anilines is 1. The molecule has 0 radical (unpaired) electrons. The van der Waals surface area contributed by atoms with E-state index in [-0.39, 0.29) is 11.3 Å². The Morgan fingerprint density at radius 3 is 2.70 bits per heavy atom. The van der Waals surface area contributed by atoms with Crippen LogP contribution >= 0.6 is 22.6 Å². The molecular weight excluding hydrogens is 487 g/mol. The van der Waals surface area contributed by atoms with Crippen molar-refractivity contribution in [1.82, 2.24) is 14.9 Å². The molecule has 0 atom stereocenters. The average molecular weight is 510 g/mol. The molecule has 5 rings (SSSR count). The van der Waals surface area contributed by atoms with Crippen molar-refractivity contribution in [3.8, 4) is 11.3 Å². The van der Waals surface area contributed by atoms with Crippen LogP contribution in [-0.2, 0) is 11.8 Å². The van der Waals surface area contributed by atoms with Crippen LogP contribution in [0, 0.1) is 3.57 Å². The second-order valence-corrected chi connectivity index (χ2v) is 9.37. The van der Waals surface area contributed by atoms with Crippen LogP contribution in [0.1, 0.15) is 34.3 Å². The Morgan fingerprint density at radius 1 is 1.13 bits per heavy atom. The molecule has 5 nitrogen and oxygen atoms in total. The number of nitrogens with one attached hydrogen (secondary N) is 1. The molecule has 1 N–H and O–H groups in total. The maximum Gasteiger partial charge on any atom is 0.253 e. The fourth-order valence-electron chi connectivity index (χ4n) is 4.89. The highest BCUT2D eigenvalue weighted by molar-refractivity contribution is 14.1. The molecule has 0 bridgehead atoms. The normalized spacial score (nSPS) is 16.7. The van der Waals surface area contributed by atoms with Crippen LogP contribution < -0.4 is 5.32 Å². The van der Waals surface area contributed by atoms with E-state index in [1.54, 1.807) is 0 Å². The highest BCUT2D eigenvalue weighted by Crippen LogP contribution is 2.48. The molecule has 2 heterocycles. The number of amides is 1. The Hall–Kier alpha value is -2.48. The van der Waals surface area contributed by atoms with E-state index in [2.05, 4.69) is 57.2 Å². The fourth-order valence-corrected chi connectivity index (χ4v) is 5.43. The predicted octanol–water partition coefficient (Wildman–Crippen LogP) is 4.52. The van der Waals surface area contributed by atoms with Gasteiger partial charge >= 0.3 is 0 Å². The molecule has 1 aliphatic carbocycles. The van der Waals surface area contributed by atoms with Gasteiger partial charge in [0.1, 0.15) is 0 Å². The van der Waals surface area contributed by atoms with Gasteiger partial charge in [0.05, 0.1) is 5.69 Å². The molecule has 1 aliphatic heterocycles. The van der Waals surface area contributed by atoms with Gasteiger partial charge in [-0.05, 0) is 71.2 Å². The Bertz CT molecular complexity index is 1120.